The van der Waals surface area contributed by atoms with E-state index in [1.54, 1.807) is 36.4 Å². The van der Waals surface area contributed by atoms with Crippen molar-refractivity contribution >= 4 is 5.69 Å². The maximum atomic E-state index is 13.4. The monoisotopic (exact) mass is 226 g/mol. The molecule has 0 aliphatic heterocycles. The minimum Gasteiger partial charge on any atom is -0.380 e. The van der Waals surface area contributed by atoms with Gasteiger partial charge in [0.05, 0.1) is 11.3 Å². The van der Waals surface area contributed by atoms with E-state index in [4.69, 9.17) is 5.26 Å². The van der Waals surface area contributed by atoms with E-state index in [9.17, 15) is 4.39 Å². The number of nitrogens with zero attached hydrogens (tertiary/aromatic N) is 1. The van der Waals surface area contributed by atoms with Gasteiger partial charge >= 0.3 is 0 Å². The van der Waals surface area contributed by atoms with Gasteiger partial charge in [-0.25, -0.2) is 4.39 Å². The third-order valence-corrected chi connectivity index (χ3v) is 2.47. The molecular weight excluding hydrogens is 215 g/mol. The molecule has 3 heteroatoms. The lowest BCUT2D eigenvalue weighted by atomic mass is 10.1. The molecule has 0 saturated carbocycles. The molecule has 2 aromatic carbocycles. The van der Waals surface area contributed by atoms with Crippen LogP contribution in [0.25, 0.3) is 0 Å². The summed E-state index contributed by atoms with van der Waals surface area (Å²) in [6.07, 6.45) is 0. The number of hydrogen-bond donors (Lipinski definition) is 1. The van der Waals surface area contributed by atoms with Gasteiger partial charge in [-0.1, -0.05) is 30.3 Å². The van der Waals surface area contributed by atoms with E-state index in [1.807, 2.05) is 6.07 Å². The number of nitriles is 1. The summed E-state index contributed by atoms with van der Waals surface area (Å²) in [5.41, 5.74) is 1.86. The molecule has 0 aliphatic rings. The number of para-hydroxylation sites is 1. The quantitative estimate of drug-likeness (QED) is 0.871. The van der Waals surface area contributed by atoms with Crippen LogP contribution in [0, 0.1) is 17.1 Å². The van der Waals surface area contributed by atoms with Crippen molar-refractivity contribution in [3.63, 3.8) is 0 Å². The Hall–Kier alpha value is -2.34. The Bertz CT molecular complexity index is 558. The molecule has 2 nitrogen and oxygen atoms in total. The molecule has 0 atom stereocenters. The standard InChI is InChI=1S/C14H11FN2/c15-13-7-3-1-6-12(13)10-17-14-8-4-2-5-11(14)9-16/h1-8,17H,10H2. The van der Waals surface area contributed by atoms with E-state index in [0.717, 1.165) is 5.69 Å². The minimum absolute atomic E-state index is 0.241. The number of halogens is 1. The summed E-state index contributed by atoms with van der Waals surface area (Å²) in [5, 5.41) is 12.0. The molecule has 0 aliphatic carbocycles. The molecule has 0 heterocycles. The van der Waals surface area contributed by atoms with Crippen molar-refractivity contribution < 1.29 is 4.39 Å². The molecule has 0 unspecified atom stereocenters. The van der Waals surface area contributed by atoms with E-state index < -0.39 is 0 Å². The molecule has 84 valence electrons. The molecular formula is C14H11FN2. The molecule has 2 rings (SSSR count). The molecule has 17 heavy (non-hydrogen) atoms. The normalized spacial score (nSPS) is 9.65. The van der Waals surface area contributed by atoms with Crippen molar-refractivity contribution in [1.29, 1.82) is 5.26 Å². The van der Waals surface area contributed by atoms with Crippen LogP contribution in [0.5, 0.6) is 0 Å². The van der Waals surface area contributed by atoms with Gasteiger partial charge in [-0.2, -0.15) is 5.26 Å². The Kier molecular flexibility index (Phi) is 3.37. The number of benzene rings is 2. The van der Waals surface area contributed by atoms with Crippen LogP contribution < -0.4 is 5.32 Å². The van der Waals surface area contributed by atoms with Gasteiger partial charge in [0.1, 0.15) is 11.9 Å². The zero-order chi connectivity index (χ0) is 12.1. The molecule has 0 bridgehead atoms. The SMILES string of the molecule is N#Cc1ccccc1NCc1ccccc1F. The smallest absolute Gasteiger partial charge is 0.128 e. The van der Waals surface area contributed by atoms with Gasteiger partial charge in [0, 0.05) is 12.1 Å². The molecule has 0 spiro atoms. The Balaban J connectivity index is 2.13. The third kappa shape index (κ3) is 2.61. The number of anilines is 1. The Morgan fingerprint density at radius 1 is 1.06 bits per heavy atom. The number of hydrogen-bond acceptors (Lipinski definition) is 2. The summed E-state index contributed by atoms with van der Waals surface area (Å²) in [6, 6.07) is 15.8. The van der Waals surface area contributed by atoms with Gasteiger partial charge in [0.25, 0.3) is 0 Å². The van der Waals surface area contributed by atoms with Crippen molar-refractivity contribution in [2.45, 2.75) is 6.54 Å². The van der Waals surface area contributed by atoms with Crippen LogP contribution in [0.15, 0.2) is 48.5 Å². The second-order valence-electron chi connectivity index (χ2n) is 3.60. The maximum Gasteiger partial charge on any atom is 0.128 e. The highest BCUT2D eigenvalue weighted by molar-refractivity contribution is 5.57. The molecule has 0 radical (unpaired) electrons. The summed E-state index contributed by atoms with van der Waals surface area (Å²) in [7, 11) is 0. The highest BCUT2D eigenvalue weighted by Gasteiger charge is 2.02. The van der Waals surface area contributed by atoms with E-state index in [1.165, 1.54) is 6.07 Å². The van der Waals surface area contributed by atoms with E-state index in [-0.39, 0.29) is 5.82 Å². The molecule has 0 amide bonds. The Morgan fingerprint density at radius 3 is 2.53 bits per heavy atom. The number of nitrogens with one attached hydrogen (secondary N) is 1. The lowest BCUT2D eigenvalue weighted by molar-refractivity contribution is 0.613. The molecule has 0 saturated heterocycles. The van der Waals surface area contributed by atoms with Crippen LogP contribution in [-0.4, -0.2) is 0 Å². The van der Waals surface area contributed by atoms with Gasteiger partial charge in [0.2, 0.25) is 0 Å². The Morgan fingerprint density at radius 2 is 1.76 bits per heavy atom. The summed E-state index contributed by atoms with van der Waals surface area (Å²) in [4.78, 5) is 0. The van der Waals surface area contributed by atoms with E-state index in [0.29, 0.717) is 17.7 Å². The van der Waals surface area contributed by atoms with Crippen LogP contribution in [0.1, 0.15) is 11.1 Å². The highest BCUT2D eigenvalue weighted by Crippen LogP contribution is 2.15. The first-order chi connectivity index (χ1) is 8.31. The van der Waals surface area contributed by atoms with Crippen LogP contribution in [0.3, 0.4) is 0 Å². The molecule has 2 aromatic rings. The maximum absolute atomic E-state index is 13.4. The van der Waals surface area contributed by atoms with Gasteiger partial charge < -0.3 is 5.32 Å². The second kappa shape index (κ2) is 5.13. The van der Waals surface area contributed by atoms with Gasteiger partial charge in [0.15, 0.2) is 0 Å². The fourth-order valence-electron chi connectivity index (χ4n) is 1.57. The van der Waals surface area contributed by atoms with E-state index in [2.05, 4.69) is 11.4 Å². The predicted molar refractivity (Wildman–Crippen MR) is 64.9 cm³/mol. The van der Waals surface area contributed by atoms with Crippen LogP contribution in [-0.2, 0) is 6.54 Å². The van der Waals surface area contributed by atoms with Gasteiger partial charge in [-0.05, 0) is 18.2 Å². The van der Waals surface area contributed by atoms with Crippen LogP contribution in [0.4, 0.5) is 10.1 Å². The van der Waals surface area contributed by atoms with Crippen molar-refractivity contribution in [3.8, 4) is 6.07 Å². The zero-order valence-corrected chi connectivity index (χ0v) is 9.15. The fourth-order valence-corrected chi connectivity index (χ4v) is 1.57. The largest absolute Gasteiger partial charge is 0.380 e. The van der Waals surface area contributed by atoms with Crippen LogP contribution in [0.2, 0.25) is 0 Å². The van der Waals surface area contributed by atoms with Crippen molar-refractivity contribution in [1.82, 2.24) is 0 Å². The first-order valence-electron chi connectivity index (χ1n) is 5.27. The topological polar surface area (TPSA) is 35.8 Å². The average molecular weight is 226 g/mol. The fraction of sp³-hybridized carbons (Fsp3) is 0.0714. The van der Waals surface area contributed by atoms with Gasteiger partial charge in [-0.3, -0.25) is 0 Å². The summed E-state index contributed by atoms with van der Waals surface area (Å²) < 4.78 is 13.4. The van der Waals surface area contributed by atoms with E-state index >= 15 is 0 Å². The number of rotatable bonds is 3. The first kappa shape index (κ1) is 11.2. The zero-order valence-electron chi connectivity index (χ0n) is 9.15. The minimum atomic E-state index is -0.241. The third-order valence-electron chi connectivity index (χ3n) is 2.47. The van der Waals surface area contributed by atoms with Crippen molar-refractivity contribution in [3.05, 3.63) is 65.5 Å². The first-order valence-corrected chi connectivity index (χ1v) is 5.27. The highest BCUT2D eigenvalue weighted by atomic mass is 19.1. The summed E-state index contributed by atoms with van der Waals surface area (Å²) >= 11 is 0. The molecule has 0 aromatic heterocycles. The Labute approximate surface area is 99.3 Å². The molecule has 1 N–H and O–H groups in total. The predicted octanol–water partition coefficient (Wildman–Crippen LogP) is 3.31. The second-order valence-corrected chi connectivity index (χ2v) is 3.60. The van der Waals surface area contributed by atoms with Crippen LogP contribution >= 0.6 is 0 Å². The summed E-state index contributed by atoms with van der Waals surface area (Å²) in [6.45, 7) is 0.366. The lowest BCUT2D eigenvalue weighted by Crippen LogP contribution is -2.02. The molecule has 0 fully saturated rings. The summed E-state index contributed by atoms with van der Waals surface area (Å²) in [5.74, 6) is -0.241. The lowest BCUT2D eigenvalue weighted by Gasteiger charge is -2.08. The average Bonchev–Trinajstić information content (AvgIpc) is 2.38. The van der Waals surface area contributed by atoms with Crippen molar-refractivity contribution in [2.75, 3.05) is 5.32 Å². The van der Waals surface area contributed by atoms with Crippen molar-refractivity contribution in [2.24, 2.45) is 0 Å². The van der Waals surface area contributed by atoms with Gasteiger partial charge in [-0.15, -0.1) is 0 Å².